The second-order valence-electron chi connectivity index (χ2n) is 5.31. The van der Waals surface area contributed by atoms with E-state index in [1.807, 2.05) is 59.7 Å². The number of rotatable bonds is 7. The van der Waals surface area contributed by atoms with Gasteiger partial charge in [0.2, 0.25) is 5.91 Å². The van der Waals surface area contributed by atoms with Crippen LogP contribution >= 0.6 is 23.7 Å². The highest BCUT2D eigenvalue weighted by atomic mass is 35.5. The van der Waals surface area contributed by atoms with Gasteiger partial charge in [0, 0.05) is 17.5 Å². The van der Waals surface area contributed by atoms with Crippen molar-refractivity contribution in [2.45, 2.75) is 19.5 Å². The molecule has 1 amide bonds. The van der Waals surface area contributed by atoms with Gasteiger partial charge in [-0.15, -0.1) is 30.3 Å². The monoisotopic (exact) mass is 350 g/mol. The lowest BCUT2D eigenvalue weighted by Gasteiger charge is -2.27. The first-order chi connectivity index (χ1) is 10.6. The van der Waals surface area contributed by atoms with Crippen LogP contribution in [0.2, 0.25) is 0 Å². The summed E-state index contributed by atoms with van der Waals surface area (Å²) < 4.78 is 0. The lowest BCUT2D eigenvalue weighted by atomic mass is 9.94. The van der Waals surface area contributed by atoms with Crippen LogP contribution in [0, 0.1) is 5.92 Å². The fourth-order valence-electron chi connectivity index (χ4n) is 2.38. The molecule has 23 heavy (non-hydrogen) atoms. The molecule has 0 saturated heterocycles. The van der Waals surface area contributed by atoms with Crippen LogP contribution in [-0.4, -0.2) is 17.4 Å². The van der Waals surface area contributed by atoms with E-state index in [-0.39, 0.29) is 30.3 Å². The average molecular weight is 351 g/mol. The van der Waals surface area contributed by atoms with E-state index in [0.717, 1.165) is 10.4 Å². The molecule has 0 saturated carbocycles. The number of carbonyl (C=O) groups is 1. The molecule has 0 bridgehead atoms. The predicted molar refractivity (Wildman–Crippen MR) is 99.7 cm³/mol. The Hall–Kier alpha value is -1.62. The molecule has 1 aromatic heterocycles. The smallest absolute Gasteiger partial charge is 0.227 e. The summed E-state index contributed by atoms with van der Waals surface area (Å²) in [6.07, 6.45) is 1.76. The molecule has 0 aliphatic carbocycles. The van der Waals surface area contributed by atoms with Crippen LogP contribution in [0.3, 0.4) is 0 Å². The van der Waals surface area contributed by atoms with E-state index in [2.05, 4.69) is 6.58 Å². The first-order valence-corrected chi connectivity index (χ1v) is 8.24. The van der Waals surface area contributed by atoms with E-state index in [1.165, 1.54) is 0 Å². The summed E-state index contributed by atoms with van der Waals surface area (Å²) in [5.41, 5.74) is 7.26. The van der Waals surface area contributed by atoms with Crippen LogP contribution < -0.4 is 5.73 Å². The van der Waals surface area contributed by atoms with Gasteiger partial charge < -0.3 is 10.6 Å². The SMILES string of the molecule is C=CCN(Cc1cccs1)C(=O)C(C)C(N)c1ccccc1.Cl. The van der Waals surface area contributed by atoms with Crippen molar-refractivity contribution in [3.05, 3.63) is 70.9 Å². The highest BCUT2D eigenvalue weighted by Crippen LogP contribution is 2.22. The van der Waals surface area contributed by atoms with E-state index >= 15 is 0 Å². The fraction of sp³-hybridized carbons (Fsp3) is 0.278. The Labute approximate surface area is 148 Å². The lowest BCUT2D eigenvalue weighted by molar-refractivity contribution is -0.135. The number of hydrogen-bond donors (Lipinski definition) is 1. The summed E-state index contributed by atoms with van der Waals surface area (Å²) in [6.45, 7) is 6.78. The van der Waals surface area contributed by atoms with Crippen LogP contribution in [0.25, 0.3) is 0 Å². The van der Waals surface area contributed by atoms with Gasteiger partial charge in [-0.3, -0.25) is 4.79 Å². The number of benzene rings is 1. The van der Waals surface area contributed by atoms with Crippen molar-refractivity contribution in [3.8, 4) is 0 Å². The summed E-state index contributed by atoms with van der Waals surface area (Å²) >= 11 is 1.65. The molecule has 0 fully saturated rings. The van der Waals surface area contributed by atoms with Gasteiger partial charge in [-0.2, -0.15) is 0 Å². The average Bonchev–Trinajstić information content (AvgIpc) is 3.06. The third-order valence-electron chi connectivity index (χ3n) is 3.70. The molecule has 0 radical (unpaired) electrons. The summed E-state index contributed by atoms with van der Waals surface area (Å²) in [7, 11) is 0. The van der Waals surface area contributed by atoms with E-state index in [1.54, 1.807) is 17.4 Å². The minimum absolute atomic E-state index is 0. The number of nitrogens with zero attached hydrogens (tertiary/aromatic N) is 1. The Morgan fingerprint density at radius 3 is 2.57 bits per heavy atom. The molecular formula is C18H23ClN2OS. The zero-order chi connectivity index (χ0) is 15.9. The summed E-state index contributed by atoms with van der Waals surface area (Å²) in [5.74, 6) is -0.216. The van der Waals surface area contributed by atoms with E-state index in [0.29, 0.717) is 13.1 Å². The predicted octanol–water partition coefficient (Wildman–Crippen LogP) is 4.02. The Kier molecular flexibility index (Phi) is 8.03. The van der Waals surface area contributed by atoms with Crippen LogP contribution in [-0.2, 0) is 11.3 Å². The van der Waals surface area contributed by atoms with E-state index in [4.69, 9.17) is 5.73 Å². The van der Waals surface area contributed by atoms with E-state index in [9.17, 15) is 4.79 Å². The Balaban J connectivity index is 0.00000264. The quantitative estimate of drug-likeness (QED) is 0.766. The Bertz CT molecular complexity index is 601. The minimum Gasteiger partial charge on any atom is -0.334 e. The zero-order valence-corrected chi connectivity index (χ0v) is 14.9. The molecule has 2 unspecified atom stereocenters. The normalized spacial score (nSPS) is 12.8. The van der Waals surface area contributed by atoms with Gasteiger partial charge in [0.1, 0.15) is 0 Å². The maximum absolute atomic E-state index is 12.8. The molecule has 124 valence electrons. The molecule has 2 N–H and O–H groups in total. The van der Waals surface area contributed by atoms with E-state index < -0.39 is 0 Å². The molecule has 0 aliphatic rings. The Morgan fingerprint density at radius 2 is 2.00 bits per heavy atom. The summed E-state index contributed by atoms with van der Waals surface area (Å²) in [5, 5.41) is 2.02. The van der Waals surface area contributed by atoms with Crippen LogP contribution in [0.4, 0.5) is 0 Å². The van der Waals surface area contributed by atoms with Crippen molar-refractivity contribution < 1.29 is 4.79 Å². The zero-order valence-electron chi connectivity index (χ0n) is 13.2. The number of halogens is 1. The number of nitrogens with two attached hydrogens (primary N) is 1. The first kappa shape index (κ1) is 19.4. The first-order valence-electron chi connectivity index (χ1n) is 7.36. The van der Waals surface area contributed by atoms with Gasteiger partial charge in [-0.05, 0) is 17.0 Å². The largest absolute Gasteiger partial charge is 0.334 e. The molecular weight excluding hydrogens is 328 g/mol. The Morgan fingerprint density at radius 1 is 1.30 bits per heavy atom. The summed E-state index contributed by atoms with van der Waals surface area (Å²) in [4.78, 5) is 15.8. The van der Waals surface area contributed by atoms with Gasteiger partial charge in [0.05, 0.1) is 12.5 Å². The van der Waals surface area contributed by atoms with Gasteiger partial charge in [0.15, 0.2) is 0 Å². The van der Waals surface area contributed by atoms with Gasteiger partial charge in [-0.25, -0.2) is 0 Å². The number of amides is 1. The molecule has 2 rings (SSSR count). The summed E-state index contributed by atoms with van der Waals surface area (Å²) in [6, 6.07) is 13.5. The van der Waals surface area contributed by atoms with Crippen molar-refractivity contribution in [3.63, 3.8) is 0 Å². The number of hydrogen-bond acceptors (Lipinski definition) is 3. The second-order valence-corrected chi connectivity index (χ2v) is 6.34. The minimum atomic E-state index is -0.302. The topological polar surface area (TPSA) is 46.3 Å². The van der Waals surface area contributed by atoms with Gasteiger partial charge in [-0.1, -0.05) is 49.4 Å². The molecule has 1 heterocycles. The lowest BCUT2D eigenvalue weighted by Crippen LogP contribution is -2.39. The molecule has 1 aromatic carbocycles. The fourth-order valence-corrected chi connectivity index (χ4v) is 3.10. The van der Waals surface area contributed by atoms with Gasteiger partial charge >= 0.3 is 0 Å². The van der Waals surface area contributed by atoms with Crippen LogP contribution in [0.1, 0.15) is 23.4 Å². The van der Waals surface area contributed by atoms with Crippen molar-refractivity contribution in [2.75, 3.05) is 6.54 Å². The van der Waals surface area contributed by atoms with Crippen molar-refractivity contribution >= 4 is 29.7 Å². The maximum atomic E-state index is 12.8. The maximum Gasteiger partial charge on any atom is 0.227 e. The third kappa shape index (κ3) is 5.20. The number of carbonyl (C=O) groups excluding carboxylic acids is 1. The van der Waals surface area contributed by atoms with Crippen LogP contribution in [0.5, 0.6) is 0 Å². The molecule has 2 aromatic rings. The molecule has 2 atom stereocenters. The van der Waals surface area contributed by atoms with Crippen LogP contribution in [0.15, 0.2) is 60.5 Å². The molecule has 3 nitrogen and oxygen atoms in total. The van der Waals surface area contributed by atoms with Crippen molar-refractivity contribution in [2.24, 2.45) is 11.7 Å². The third-order valence-corrected chi connectivity index (χ3v) is 4.56. The van der Waals surface area contributed by atoms with Gasteiger partial charge in [0.25, 0.3) is 0 Å². The van der Waals surface area contributed by atoms with Crippen molar-refractivity contribution in [1.82, 2.24) is 4.90 Å². The number of thiophene rings is 1. The van der Waals surface area contributed by atoms with Crippen molar-refractivity contribution in [1.29, 1.82) is 0 Å². The molecule has 0 spiro atoms. The highest BCUT2D eigenvalue weighted by molar-refractivity contribution is 7.09. The highest BCUT2D eigenvalue weighted by Gasteiger charge is 2.26. The second kappa shape index (κ2) is 9.50. The standard InChI is InChI=1S/C18H22N2OS.ClH/c1-3-11-20(13-16-10-7-12-22-16)18(21)14(2)17(19)15-8-5-4-6-9-15;/h3-10,12,14,17H,1,11,13,19H2,2H3;1H. The molecule has 5 heteroatoms. The molecule has 0 aliphatic heterocycles.